The van der Waals surface area contributed by atoms with E-state index in [9.17, 15) is 14.0 Å². The number of nitrogens with zero attached hydrogens (tertiary/aromatic N) is 1. The van der Waals surface area contributed by atoms with Crippen LogP contribution in [0.4, 0.5) is 9.18 Å². The summed E-state index contributed by atoms with van der Waals surface area (Å²) in [5.41, 5.74) is 0.254. The topological polar surface area (TPSA) is 81.7 Å². The fourth-order valence-electron chi connectivity index (χ4n) is 3.10. The van der Waals surface area contributed by atoms with Gasteiger partial charge in [-0.2, -0.15) is 0 Å². The second kappa shape index (κ2) is 8.49. The maximum absolute atomic E-state index is 13.9. The zero-order valence-corrected chi connectivity index (χ0v) is 15.0. The highest BCUT2D eigenvalue weighted by Crippen LogP contribution is 2.27. The van der Waals surface area contributed by atoms with Crippen LogP contribution in [0.15, 0.2) is 18.2 Å². The van der Waals surface area contributed by atoms with E-state index in [2.05, 4.69) is 10.6 Å². The van der Waals surface area contributed by atoms with Gasteiger partial charge in [0.25, 0.3) is 0 Å². The molecule has 3 N–H and O–H groups in total. The monoisotopic (exact) mass is 371 g/mol. The van der Waals surface area contributed by atoms with E-state index in [1.54, 1.807) is 13.0 Å². The first kappa shape index (κ1) is 19.5. The number of hydrogen-bond acceptors (Lipinski definition) is 3. The number of halogens is 2. The molecule has 1 fully saturated rings. The molecule has 1 saturated carbocycles. The molecule has 2 amide bonds. The molecule has 6 nitrogen and oxygen atoms in total. The third-order valence-corrected chi connectivity index (χ3v) is 4.82. The molecule has 1 aromatic rings. The minimum Gasteiger partial charge on any atom is -0.480 e. The summed E-state index contributed by atoms with van der Waals surface area (Å²) in [5.74, 6) is -1.32. The molecule has 1 aliphatic carbocycles. The third-order valence-electron chi connectivity index (χ3n) is 4.49. The molecular weight excluding hydrogens is 349 g/mol. The molecular formula is C17H23ClFN3O3. The highest BCUT2D eigenvalue weighted by molar-refractivity contribution is 6.31. The van der Waals surface area contributed by atoms with Crippen LogP contribution in [0.2, 0.25) is 5.02 Å². The highest BCUT2D eigenvalue weighted by atomic mass is 35.5. The molecule has 1 aliphatic rings. The number of benzene rings is 1. The number of urea groups is 1. The first-order valence-electron chi connectivity index (χ1n) is 8.28. The molecule has 1 aromatic carbocycles. The average molecular weight is 372 g/mol. The van der Waals surface area contributed by atoms with Crippen LogP contribution in [-0.2, 0) is 4.79 Å². The van der Waals surface area contributed by atoms with Gasteiger partial charge in [0.1, 0.15) is 5.82 Å². The van der Waals surface area contributed by atoms with Crippen molar-refractivity contribution < 1.29 is 19.1 Å². The Hall–Kier alpha value is -1.86. The summed E-state index contributed by atoms with van der Waals surface area (Å²) < 4.78 is 13.9. The summed E-state index contributed by atoms with van der Waals surface area (Å²) in [6.07, 6.45) is 1.40. The molecule has 1 atom stereocenters. The normalized spacial score (nSPS) is 20.7. The minimum absolute atomic E-state index is 0.00288. The number of carbonyl (C=O) groups excluding carboxylic acids is 1. The van der Waals surface area contributed by atoms with Crippen molar-refractivity contribution in [3.05, 3.63) is 34.6 Å². The smallest absolute Gasteiger partial charge is 0.317 e. The van der Waals surface area contributed by atoms with Gasteiger partial charge in [-0.05, 0) is 38.4 Å². The Bertz CT molecular complexity index is 617. The van der Waals surface area contributed by atoms with E-state index in [1.165, 1.54) is 12.1 Å². The van der Waals surface area contributed by atoms with E-state index in [1.807, 2.05) is 11.8 Å². The number of likely N-dealkylation sites (N-methyl/N-ethyl adjacent to an activating group) is 1. The van der Waals surface area contributed by atoms with Gasteiger partial charge in [0.05, 0.1) is 12.6 Å². The second-order valence-corrected chi connectivity index (χ2v) is 6.66. The van der Waals surface area contributed by atoms with E-state index in [0.717, 1.165) is 0 Å². The zero-order valence-electron chi connectivity index (χ0n) is 14.3. The Morgan fingerprint density at radius 3 is 2.68 bits per heavy atom. The highest BCUT2D eigenvalue weighted by Gasteiger charge is 2.34. The summed E-state index contributed by atoms with van der Waals surface area (Å²) in [6.45, 7) is 4.23. The maximum atomic E-state index is 13.9. The Kier molecular flexibility index (Phi) is 6.61. The van der Waals surface area contributed by atoms with Crippen molar-refractivity contribution in [1.29, 1.82) is 0 Å². The van der Waals surface area contributed by atoms with E-state index in [4.69, 9.17) is 16.7 Å². The number of carboxylic acid groups (broad SMARTS) is 1. The van der Waals surface area contributed by atoms with Gasteiger partial charge in [-0.1, -0.05) is 24.6 Å². The van der Waals surface area contributed by atoms with Gasteiger partial charge in [0.2, 0.25) is 0 Å². The van der Waals surface area contributed by atoms with Crippen LogP contribution in [0, 0.1) is 5.82 Å². The number of carbonyl (C=O) groups is 2. The van der Waals surface area contributed by atoms with E-state index >= 15 is 0 Å². The number of rotatable bonds is 7. The molecule has 1 unspecified atom stereocenters. The fourth-order valence-corrected chi connectivity index (χ4v) is 3.42. The van der Waals surface area contributed by atoms with Crippen molar-refractivity contribution in [3.63, 3.8) is 0 Å². The van der Waals surface area contributed by atoms with Gasteiger partial charge >= 0.3 is 12.0 Å². The van der Waals surface area contributed by atoms with Crippen LogP contribution in [0.3, 0.4) is 0 Å². The van der Waals surface area contributed by atoms with Gasteiger partial charge in [-0.3, -0.25) is 9.69 Å². The lowest BCUT2D eigenvalue weighted by Gasteiger charge is -2.42. The quantitative estimate of drug-likeness (QED) is 0.688. The molecule has 0 bridgehead atoms. The number of nitrogens with one attached hydrogen (secondary N) is 2. The van der Waals surface area contributed by atoms with Crippen LogP contribution in [0.5, 0.6) is 0 Å². The van der Waals surface area contributed by atoms with Crippen molar-refractivity contribution >= 4 is 23.6 Å². The van der Waals surface area contributed by atoms with Crippen LogP contribution < -0.4 is 10.6 Å². The van der Waals surface area contributed by atoms with Crippen LogP contribution in [-0.4, -0.2) is 47.2 Å². The van der Waals surface area contributed by atoms with Gasteiger partial charge < -0.3 is 15.7 Å². The maximum Gasteiger partial charge on any atom is 0.317 e. The summed E-state index contributed by atoms with van der Waals surface area (Å²) in [7, 11) is 0. The predicted octanol–water partition coefficient (Wildman–Crippen LogP) is 2.78. The number of amides is 2. The summed E-state index contributed by atoms with van der Waals surface area (Å²) in [4.78, 5) is 24.8. The molecule has 0 aliphatic heterocycles. The number of carboxylic acids is 1. The molecule has 138 valence electrons. The molecule has 0 spiro atoms. The molecule has 0 heterocycles. The van der Waals surface area contributed by atoms with E-state index in [0.29, 0.717) is 19.4 Å². The lowest BCUT2D eigenvalue weighted by molar-refractivity contribution is -0.139. The van der Waals surface area contributed by atoms with E-state index in [-0.39, 0.29) is 29.2 Å². The first-order chi connectivity index (χ1) is 11.8. The number of hydrogen-bond donors (Lipinski definition) is 3. The fraction of sp³-hybridized carbons (Fsp3) is 0.529. The lowest BCUT2D eigenvalue weighted by Crippen LogP contribution is -2.56. The van der Waals surface area contributed by atoms with Crippen LogP contribution in [0.25, 0.3) is 0 Å². The number of aliphatic carboxylic acids is 1. The summed E-state index contributed by atoms with van der Waals surface area (Å²) >= 11 is 6.00. The lowest BCUT2D eigenvalue weighted by atomic mass is 9.85. The van der Waals surface area contributed by atoms with Gasteiger partial charge in [-0.25, -0.2) is 9.18 Å². The van der Waals surface area contributed by atoms with Crippen molar-refractivity contribution in [1.82, 2.24) is 15.5 Å². The molecule has 8 heteroatoms. The van der Waals surface area contributed by atoms with Gasteiger partial charge in [0, 0.05) is 22.7 Å². The Morgan fingerprint density at radius 1 is 1.44 bits per heavy atom. The molecule has 2 rings (SSSR count). The van der Waals surface area contributed by atoms with Crippen molar-refractivity contribution in [2.75, 3.05) is 13.1 Å². The SMILES string of the molecule is CCN(CC(=O)O)C1CC(NC(=O)NC(C)c2c(F)cccc2Cl)C1. The zero-order chi connectivity index (χ0) is 18.6. The van der Waals surface area contributed by atoms with Gasteiger partial charge in [-0.15, -0.1) is 0 Å². The van der Waals surface area contributed by atoms with Crippen LogP contribution in [0.1, 0.15) is 38.3 Å². The standard InChI is InChI=1S/C17H23ClFN3O3/c1-3-22(9-15(23)24)12-7-11(8-12)21-17(25)20-10(2)16-13(18)5-4-6-14(16)19/h4-6,10-12H,3,7-9H2,1-2H3,(H,23,24)(H2,20,21,25). The third kappa shape index (κ3) is 5.06. The average Bonchev–Trinajstić information content (AvgIpc) is 2.48. The minimum atomic E-state index is -0.855. The van der Waals surface area contributed by atoms with Crippen molar-refractivity contribution in [2.45, 2.75) is 44.8 Å². The van der Waals surface area contributed by atoms with Gasteiger partial charge in [0.15, 0.2) is 0 Å². The first-order valence-corrected chi connectivity index (χ1v) is 8.66. The molecule has 0 radical (unpaired) electrons. The van der Waals surface area contributed by atoms with Crippen molar-refractivity contribution in [3.8, 4) is 0 Å². The largest absolute Gasteiger partial charge is 0.480 e. The summed E-state index contributed by atoms with van der Waals surface area (Å²) in [5, 5.41) is 14.7. The Labute approximate surface area is 151 Å². The van der Waals surface area contributed by atoms with E-state index < -0.39 is 23.9 Å². The predicted molar refractivity (Wildman–Crippen MR) is 93.2 cm³/mol. The second-order valence-electron chi connectivity index (χ2n) is 6.25. The molecule has 0 aromatic heterocycles. The molecule has 0 saturated heterocycles. The van der Waals surface area contributed by atoms with Crippen molar-refractivity contribution in [2.24, 2.45) is 0 Å². The Balaban J connectivity index is 1.81. The Morgan fingerprint density at radius 2 is 2.12 bits per heavy atom. The summed E-state index contributed by atoms with van der Waals surface area (Å²) in [6, 6.07) is 3.57. The van der Waals surface area contributed by atoms with Crippen LogP contribution >= 0.6 is 11.6 Å². The molecule has 25 heavy (non-hydrogen) atoms.